The maximum Gasteiger partial charge on any atom is 0.310 e. The van der Waals surface area contributed by atoms with Gasteiger partial charge in [-0.2, -0.15) is 0 Å². The lowest BCUT2D eigenvalue weighted by atomic mass is 9.84. The smallest absolute Gasteiger partial charge is 0.310 e. The average Bonchev–Trinajstić information content (AvgIpc) is 3.27. The molecule has 3 rings (SSSR count). The fraction of sp³-hybridized carbons (Fsp3) is 0.519. The third-order valence-electron chi connectivity index (χ3n) is 7.02. The quantitative estimate of drug-likeness (QED) is 0.484. The molecular weight excluding hydrogens is 402 g/mol. The van der Waals surface area contributed by atoms with E-state index in [1.807, 2.05) is 18.2 Å². The highest BCUT2D eigenvalue weighted by atomic mass is 16.5. The number of methoxy groups -OCH3 is 3. The summed E-state index contributed by atoms with van der Waals surface area (Å²) in [4.78, 5) is 15.4. The molecule has 0 spiro atoms. The van der Waals surface area contributed by atoms with Crippen LogP contribution in [0.1, 0.15) is 50.8 Å². The first-order valence-corrected chi connectivity index (χ1v) is 11.5. The second kappa shape index (κ2) is 10.9. The van der Waals surface area contributed by atoms with Crippen LogP contribution in [0.2, 0.25) is 0 Å². The Hall–Kier alpha value is -2.53. The van der Waals surface area contributed by atoms with E-state index in [1.165, 1.54) is 12.7 Å². The van der Waals surface area contributed by atoms with E-state index in [-0.39, 0.29) is 24.0 Å². The molecule has 0 radical (unpaired) electrons. The van der Waals surface area contributed by atoms with Crippen molar-refractivity contribution in [3.8, 4) is 11.5 Å². The van der Waals surface area contributed by atoms with Crippen molar-refractivity contribution in [2.45, 2.75) is 52.2 Å². The SMILES string of the molecule is COC(=O)[C@@H]1[C@@H](C(C)C)CC[C@@H]1N(Cc1ccc(OC)c(OC)c1)[C@H](C)c1ccccc1. The van der Waals surface area contributed by atoms with Gasteiger partial charge < -0.3 is 14.2 Å². The summed E-state index contributed by atoms with van der Waals surface area (Å²) in [5.74, 6) is 1.96. The molecule has 0 heterocycles. The van der Waals surface area contributed by atoms with Crippen LogP contribution in [0.15, 0.2) is 48.5 Å². The lowest BCUT2D eigenvalue weighted by Gasteiger charge is -2.38. The number of esters is 1. The van der Waals surface area contributed by atoms with Crippen molar-refractivity contribution in [2.75, 3.05) is 21.3 Å². The van der Waals surface area contributed by atoms with Gasteiger partial charge in [0.25, 0.3) is 0 Å². The summed E-state index contributed by atoms with van der Waals surface area (Å²) in [6.07, 6.45) is 2.01. The molecule has 2 aromatic rings. The molecule has 1 aliphatic carbocycles. The Morgan fingerprint density at radius 3 is 2.25 bits per heavy atom. The molecule has 4 atom stereocenters. The highest BCUT2D eigenvalue weighted by Gasteiger charge is 2.46. The van der Waals surface area contributed by atoms with Crippen LogP contribution in [0.5, 0.6) is 11.5 Å². The maximum absolute atomic E-state index is 13.0. The van der Waals surface area contributed by atoms with Crippen LogP contribution < -0.4 is 9.47 Å². The van der Waals surface area contributed by atoms with Crippen molar-refractivity contribution in [1.29, 1.82) is 0 Å². The van der Waals surface area contributed by atoms with Crippen molar-refractivity contribution in [2.24, 2.45) is 17.8 Å². The lowest BCUT2D eigenvalue weighted by molar-refractivity contribution is -0.150. The van der Waals surface area contributed by atoms with Gasteiger partial charge in [-0.25, -0.2) is 0 Å². The molecule has 5 heteroatoms. The summed E-state index contributed by atoms with van der Waals surface area (Å²) in [6, 6.07) is 16.8. The second-order valence-electron chi connectivity index (χ2n) is 9.05. The van der Waals surface area contributed by atoms with Crippen molar-refractivity contribution >= 4 is 5.97 Å². The minimum Gasteiger partial charge on any atom is -0.493 e. The molecule has 0 bridgehead atoms. The number of carbonyl (C=O) groups excluding carboxylic acids is 1. The highest BCUT2D eigenvalue weighted by molar-refractivity contribution is 5.74. The first kappa shape index (κ1) is 24.1. The van der Waals surface area contributed by atoms with E-state index >= 15 is 0 Å². The molecular formula is C27H37NO4. The zero-order valence-corrected chi connectivity index (χ0v) is 20.2. The van der Waals surface area contributed by atoms with Gasteiger partial charge in [-0.3, -0.25) is 9.69 Å². The molecule has 2 aromatic carbocycles. The molecule has 174 valence electrons. The number of nitrogens with zero attached hydrogens (tertiary/aromatic N) is 1. The van der Waals surface area contributed by atoms with Crippen molar-refractivity contribution < 1.29 is 19.0 Å². The van der Waals surface area contributed by atoms with Gasteiger partial charge in [-0.05, 0) is 54.9 Å². The Morgan fingerprint density at radius 1 is 0.969 bits per heavy atom. The van der Waals surface area contributed by atoms with Crippen molar-refractivity contribution in [1.82, 2.24) is 4.90 Å². The predicted octanol–water partition coefficient (Wildman–Crippen LogP) is 5.49. The maximum atomic E-state index is 13.0. The van der Waals surface area contributed by atoms with Gasteiger partial charge in [0, 0.05) is 18.6 Å². The Morgan fingerprint density at radius 2 is 1.66 bits per heavy atom. The Balaban J connectivity index is 2.00. The fourth-order valence-electron chi connectivity index (χ4n) is 5.25. The Labute approximate surface area is 192 Å². The fourth-order valence-corrected chi connectivity index (χ4v) is 5.25. The summed E-state index contributed by atoms with van der Waals surface area (Å²) >= 11 is 0. The molecule has 1 aliphatic rings. The lowest BCUT2D eigenvalue weighted by Crippen LogP contribution is -2.44. The van der Waals surface area contributed by atoms with Gasteiger partial charge in [0.2, 0.25) is 0 Å². The van der Waals surface area contributed by atoms with Crippen LogP contribution in [-0.2, 0) is 16.1 Å². The van der Waals surface area contributed by atoms with Gasteiger partial charge >= 0.3 is 5.97 Å². The molecule has 0 aromatic heterocycles. The molecule has 32 heavy (non-hydrogen) atoms. The largest absolute Gasteiger partial charge is 0.493 e. The molecule has 0 N–H and O–H groups in total. The number of benzene rings is 2. The predicted molar refractivity (Wildman–Crippen MR) is 127 cm³/mol. The van der Waals surface area contributed by atoms with E-state index in [1.54, 1.807) is 14.2 Å². The number of rotatable bonds is 9. The molecule has 0 saturated heterocycles. The topological polar surface area (TPSA) is 48.0 Å². The van der Waals surface area contributed by atoms with Crippen LogP contribution in [0.25, 0.3) is 0 Å². The molecule has 0 amide bonds. The van der Waals surface area contributed by atoms with Gasteiger partial charge in [0.15, 0.2) is 11.5 Å². The average molecular weight is 440 g/mol. The number of ether oxygens (including phenoxy) is 3. The number of hydrogen-bond acceptors (Lipinski definition) is 5. The van der Waals surface area contributed by atoms with E-state index in [4.69, 9.17) is 14.2 Å². The highest BCUT2D eigenvalue weighted by Crippen LogP contribution is 2.43. The molecule has 0 aliphatic heterocycles. The zero-order valence-electron chi connectivity index (χ0n) is 20.2. The summed E-state index contributed by atoms with van der Waals surface area (Å²) in [7, 11) is 4.81. The monoisotopic (exact) mass is 439 g/mol. The van der Waals surface area contributed by atoms with Crippen LogP contribution in [0, 0.1) is 17.8 Å². The van der Waals surface area contributed by atoms with E-state index in [0.29, 0.717) is 29.9 Å². The minimum atomic E-state index is -0.133. The molecule has 0 unspecified atom stereocenters. The van der Waals surface area contributed by atoms with Gasteiger partial charge in [-0.15, -0.1) is 0 Å². The van der Waals surface area contributed by atoms with Gasteiger partial charge in [-0.1, -0.05) is 50.2 Å². The van der Waals surface area contributed by atoms with Gasteiger partial charge in [0.1, 0.15) is 0 Å². The summed E-state index contributed by atoms with van der Waals surface area (Å²) in [5, 5.41) is 0. The zero-order chi connectivity index (χ0) is 23.3. The molecule has 5 nitrogen and oxygen atoms in total. The number of carbonyl (C=O) groups is 1. The third kappa shape index (κ3) is 5.09. The third-order valence-corrected chi connectivity index (χ3v) is 7.02. The summed E-state index contributed by atoms with van der Waals surface area (Å²) in [5.41, 5.74) is 2.37. The standard InChI is InChI=1S/C27H37NO4/c1-18(2)22-13-14-23(26(22)27(29)32-6)28(19(3)21-10-8-7-9-11-21)17-20-12-15-24(30-4)25(16-20)31-5/h7-12,15-16,18-19,22-23,26H,13-14,17H2,1-6H3/t19-,22-,23+,26-/m1/s1. The normalized spacial score (nSPS) is 21.6. The van der Waals surface area contributed by atoms with Crippen LogP contribution in [0.4, 0.5) is 0 Å². The van der Waals surface area contributed by atoms with Crippen LogP contribution in [-0.4, -0.2) is 38.2 Å². The van der Waals surface area contributed by atoms with E-state index in [9.17, 15) is 4.79 Å². The first-order valence-electron chi connectivity index (χ1n) is 11.5. The van der Waals surface area contributed by atoms with Crippen LogP contribution in [0.3, 0.4) is 0 Å². The van der Waals surface area contributed by atoms with Gasteiger partial charge in [0.05, 0.1) is 27.2 Å². The Kier molecular flexibility index (Phi) is 8.19. The Bertz CT molecular complexity index is 882. The van der Waals surface area contributed by atoms with E-state index in [2.05, 4.69) is 56.0 Å². The molecule has 1 saturated carbocycles. The van der Waals surface area contributed by atoms with Crippen molar-refractivity contribution in [3.05, 3.63) is 59.7 Å². The van der Waals surface area contributed by atoms with Crippen molar-refractivity contribution in [3.63, 3.8) is 0 Å². The summed E-state index contributed by atoms with van der Waals surface area (Å²) < 4.78 is 16.2. The second-order valence-corrected chi connectivity index (χ2v) is 9.05. The summed E-state index contributed by atoms with van der Waals surface area (Å²) in [6.45, 7) is 7.36. The van der Waals surface area contributed by atoms with E-state index < -0.39 is 0 Å². The molecule has 1 fully saturated rings. The minimum absolute atomic E-state index is 0.0937. The van der Waals surface area contributed by atoms with E-state index in [0.717, 1.165) is 18.4 Å². The number of hydrogen-bond donors (Lipinski definition) is 0. The first-order chi connectivity index (χ1) is 15.4. The van der Waals surface area contributed by atoms with Crippen LogP contribution >= 0.6 is 0 Å².